The molecule has 0 N–H and O–H groups in total. The topological polar surface area (TPSA) is 59.0 Å². The summed E-state index contributed by atoms with van der Waals surface area (Å²) < 4.78 is 86.8. The Kier molecular flexibility index (Phi) is 4.07. The maximum atomic E-state index is 14.2. The van der Waals surface area contributed by atoms with Gasteiger partial charge in [-0.1, -0.05) is 6.85 Å². The highest BCUT2D eigenvalue weighted by molar-refractivity contribution is 5.98. The van der Waals surface area contributed by atoms with Gasteiger partial charge in [0.15, 0.2) is 0 Å². The third-order valence-corrected chi connectivity index (χ3v) is 5.03. The van der Waals surface area contributed by atoms with Crippen LogP contribution in [0.25, 0.3) is 11.4 Å². The minimum absolute atomic E-state index is 0.0324. The smallest absolute Gasteiger partial charge is 0.341 e. The number of alkyl halides is 3. The minimum atomic E-state index is -4.96. The fourth-order valence-electron chi connectivity index (χ4n) is 3.44. The van der Waals surface area contributed by atoms with E-state index in [0.29, 0.717) is 36.2 Å². The van der Waals surface area contributed by atoms with E-state index in [1.54, 1.807) is 7.05 Å². The van der Waals surface area contributed by atoms with E-state index in [9.17, 15) is 22.4 Å². The van der Waals surface area contributed by atoms with Crippen LogP contribution in [0.4, 0.5) is 17.6 Å². The number of hydrogen-bond donors (Lipinski definition) is 0. The van der Waals surface area contributed by atoms with Gasteiger partial charge in [0.05, 0.1) is 17.5 Å². The Morgan fingerprint density at radius 1 is 1.23 bits per heavy atom. The second-order valence-corrected chi connectivity index (χ2v) is 7.09. The van der Waals surface area contributed by atoms with Crippen molar-refractivity contribution in [3.8, 4) is 11.4 Å². The van der Waals surface area contributed by atoms with Gasteiger partial charge in [-0.15, -0.1) is 5.10 Å². The van der Waals surface area contributed by atoms with Crippen molar-refractivity contribution in [2.75, 3.05) is 13.6 Å². The molecular formula is C22H18F4N4O. The zero-order valence-corrected chi connectivity index (χ0v) is 16.2. The summed E-state index contributed by atoms with van der Waals surface area (Å²) in [7, 11) is 1.64. The highest BCUT2D eigenvalue weighted by Crippen LogP contribution is 2.34. The van der Waals surface area contributed by atoms with Gasteiger partial charge in [-0.2, -0.15) is 18.3 Å². The van der Waals surface area contributed by atoms with Crippen molar-refractivity contribution in [1.29, 1.82) is 0 Å². The Labute approximate surface area is 181 Å². The van der Waals surface area contributed by atoms with Crippen LogP contribution in [0.1, 0.15) is 50.8 Å². The number of amides is 1. The molecule has 0 radical (unpaired) electrons. The third-order valence-electron chi connectivity index (χ3n) is 5.03. The van der Waals surface area contributed by atoms with Crippen LogP contribution in [0.5, 0.6) is 0 Å². The van der Waals surface area contributed by atoms with Crippen LogP contribution >= 0.6 is 0 Å². The van der Waals surface area contributed by atoms with Gasteiger partial charge in [-0.25, -0.2) is 4.39 Å². The Morgan fingerprint density at radius 3 is 2.77 bits per heavy atom. The molecule has 1 aliphatic rings. The quantitative estimate of drug-likeness (QED) is 0.571. The van der Waals surface area contributed by atoms with Gasteiger partial charge in [0.1, 0.15) is 11.5 Å². The first-order valence-corrected chi connectivity index (χ1v) is 9.18. The summed E-state index contributed by atoms with van der Waals surface area (Å²) in [4.78, 5) is 18.3. The maximum Gasteiger partial charge on any atom is 0.416 e. The molecule has 0 aliphatic carbocycles. The van der Waals surface area contributed by atoms with Crippen molar-refractivity contribution >= 4 is 5.91 Å². The summed E-state index contributed by atoms with van der Waals surface area (Å²) in [6, 6.07) is 3.98. The molecule has 0 spiro atoms. The lowest BCUT2D eigenvalue weighted by atomic mass is 9.91. The largest absolute Gasteiger partial charge is 0.416 e. The molecule has 4 rings (SSSR count). The van der Waals surface area contributed by atoms with E-state index in [1.165, 1.54) is 23.2 Å². The Balaban J connectivity index is 1.91. The lowest BCUT2D eigenvalue weighted by molar-refractivity contribution is -0.137. The predicted molar refractivity (Wildman–Crippen MR) is 105 cm³/mol. The van der Waals surface area contributed by atoms with Crippen molar-refractivity contribution in [2.45, 2.75) is 25.3 Å². The SMILES string of the molecule is [2H]C([2H])([2H])C([2H])(c1cc(F)cc(C(F)(F)F)c1)c1cnnc(-c2nccc3c2CCN(C)C3=O)c1. The summed E-state index contributed by atoms with van der Waals surface area (Å²) in [5.41, 5.74) is -1.27. The van der Waals surface area contributed by atoms with Crippen molar-refractivity contribution in [3.05, 3.63) is 76.4 Å². The fourth-order valence-corrected chi connectivity index (χ4v) is 3.44. The zero-order chi connectivity index (χ0) is 25.8. The molecule has 9 heteroatoms. The van der Waals surface area contributed by atoms with Gasteiger partial charge >= 0.3 is 6.18 Å². The number of pyridine rings is 1. The van der Waals surface area contributed by atoms with Gasteiger partial charge in [0.25, 0.3) is 5.91 Å². The Morgan fingerprint density at radius 2 is 2.03 bits per heavy atom. The summed E-state index contributed by atoms with van der Waals surface area (Å²) in [5.74, 6) is -4.39. The van der Waals surface area contributed by atoms with Crippen molar-refractivity contribution < 1.29 is 27.8 Å². The van der Waals surface area contributed by atoms with Gasteiger partial charge in [0.2, 0.25) is 0 Å². The van der Waals surface area contributed by atoms with Crippen molar-refractivity contribution in [2.24, 2.45) is 0 Å². The number of likely N-dealkylation sites (N-methyl/N-ethyl adjacent to an activating group) is 1. The molecule has 1 aliphatic heterocycles. The molecule has 0 bridgehead atoms. The molecule has 1 unspecified atom stereocenters. The number of aromatic nitrogens is 3. The van der Waals surface area contributed by atoms with E-state index in [2.05, 4.69) is 15.2 Å². The van der Waals surface area contributed by atoms with E-state index in [0.717, 1.165) is 6.20 Å². The van der Waals surface area contributed by atoms with Crippen LogP contribution in [0.15, 0.2) is 42.7 Å². The highest BCUT2D eigenvalue weighted by Gasteiger charge is 2.32. The number of rotatable bonds is 3. The molecule has 1 amide bonds. The molecule has 31 heavy (non-hydrogen) atoms. The van der Waals surface area contributed by atoms with E-state index >= 15 is 0 Å². The standard InChI is InChI=1S/C22H18F4N4O/c1-12(13-7-15(22(24,25)26)10-16(23)8-13)14-9-19(29-28-11-14)20-17-4-6-30(2)21(31)18(17)3-5-27-20/h3,5,7-12H,4,6H2,1-2H3/i1D3,12D. The second-order valence-electron chi connectivity index (χ2n) is 7.09. The molecule has 1 atom stereocenters. The lowest BCUT2D eigenvalue weighted by Gasteiger charge is -2.25. The average Bonchev–Trinajstić information content (AvgIpc) is 2.79. The molecule has 3 heterocycles. The molecule has 160 valence electrons. The number of fused-ring (bicyclic) bond motifs is 1. The maximum absolute atomic E-state index is 14.2. The summed E-state index contributed by atoms with van der Waals surface area (Å²) in [6.07, 6.45) is -2.22. The fraction of sp³-hybridized carbons (Fsp3) is 0.273. The van der Waals surface area contributed by atoms with Crippen LogP contribution in [0.3, 0.4) is 0 Å². The van der Waals surface area contributed by atoms with Gasteiger partial charge in [-0.05, 0) is 53.4 Å². The molecular weight excluding hydrogens is 412 g/mol. The first-order valence-electron chi connectivity index (χ1n) is 11.2. The van der Waals surface area contributed by atoms with Gasteiger partial charge < -0.3 is 4.90 Å². The van der Waals surface area contributed by atoms with E-state index in [4.69, 9.17) is 5.48 Å². The molecule has 5 nitrogen and oxygen atoms in total. The number of nitrogens with zero attached hydrogens (tertiary/aromatic N) is 4. The first kappa shape index (κ1) is 16.3. The van der Waals surface area contributed by atoms with Crippen LogP contribution in [-0.4, -0.2) is 39.6 Å². The molecule has 3 aromatic rings. The molecule has 2 aromatic heterocycles. The third kappa shape index (κ3) is 3.99. The number of benzene rings is 1. The van der Waals surface area contributed by atoms with Crippen LogP contribution < -0.4 is 0 Å². The average molecular weight is 434 g/mol. The van der Waals surface area contributed by atoms with E-state index in [1.807, 2.05) is 0 Å². The Hall–Kier alpha value is -3.36. The second kappa shape index (κ2) is 7.72. The first-order chi connectivity index (χ1) is 16.2. The monoisotopic (exact) mass is 434 g/mol. The number of carbonyl (C=O) groups excluding carboxylic acids is 1. The summed E-state index contributed by atoms with van der Waals surface area (Å²) in [6.45, 7) is -2.81. The van der Waals surface area contributed by atoms with Crippen molar-refractivity contribution in [3.63, 3.8) is 0 Å². The minimum Gasteiger partial charge on any atom is -0.341 e. The Bertz CT molecular complexity index is 1320. The number of halogens is 4. The lowest BCUT2D eigenvalue weighted by Crippen LogP contribution is -2.34. The van der Waals surface area contributed by atoms with Gasteiger partial charge in [-0.3, -0.25) is 9.78 Å². The highest BCUT2D eigenvalue weighted by atomic mass is 19.4. The van der Waals surface area contributed by atoms with E-state index < -0.39 is 35.9 Å². The van der Waals surface area contributed by atoms with Crippen LogP contribution in [-0.2, 0) is 12.6 Å². The van der Waals surface area contributed by atoms with Crippen molar-refractivity contribution in [1.82, 2.24) is 20.1 Å². The molecule has 0 saturated heterocycles. The van der Waals surface area contributed by atoms with E-state index in [-0.39, 0.29) is 28.9 Å². The molecule has 0 fully saturated rings. The number of hydrogen-bond acceptors (Lipinski definition) is 4. The van der Waals surface area contributed by atoms with Crippen LogP contribution in [0.2, 0.25) is 0 Å². The van der Waals surface area contributed by atoms with Crippen LogP contribution in [0, 0.1) is 5.82 Å². The summed E-state index contributed by atoms with van der Waals surface area (Å²) >= 11 is 0. The normalized spacial score (nSPS) is 18.4. The summed E-state index contributed by atoms with van der Waals surface area (Å²) in [5, 5.41) is 7.74. The molecule has 1 aromatic carbocycles. The van der Waals surface area contributed by atoms with Gasteiger partial charge in [0, 0.05) is 36.7 Å². The molecule has 0 saturated carbocycles. The predicted octanol–water partition coefficient (Wildman–Crippen LogP) is 4.48. The zero-order valence-electron chi connectivity index (χ0n) is 20.2. The number of carbonyl (C=O) groups is 1.